The van der Waals surface area contributed by atoms with Crippen molar-refractivity contribution < 1.29 is 17.9 Å². The van der Waals surface area contributed by atoms with E-state index in [0.29, 0.717) is 17.0 Å². The molecule has 1 amide bonds. The van der Waals surface area contributed by atoms with Gasteiger partial charge in [0.05, 0.1) is 16.6 Å². The van der Waals surface area contributed by atoms with E-state index < -0.39 is 15.9 Å². The van der Waals surface area contributed by atoms with Crippen LogP contribution in [0.25, 0.3) is 0 Å². The van der Waals surface area contributed by atoms with E-state index in [2.05, 4.69) is 15.4 Å². The first-order chi connectivity index (χ1) is 15.2. The van der Waals surface area contributed by atoms with Gasteiger partial charge in [-0.05, 0) is 75.3 Å². The number of sulfonamides is 1. The van der Waals surface area contributed by atoms with Gasteiger partial charge in [0, 0.05) is 11.7 Å². The molecule has 0 atom stereocenters. The van der Waals surface area contributed by atoms with Gasteiger partial charge in [0.15, 0.2) is 5.11 Å². The minimum atomic E-state index is -3.57. The molecule has 1 aliphatic carbocycles. The van der Waals surface area contributed by atoms with Gasteiger partial charge in [-0.15, -0.1) is 0 Å². The molecule has 0 heterocycles. The van der Waals surface area contributed by atoms with Crippen LogP contribution in [0.3, 0.4) is 0 Å². The van der Waals surface area contributed by atoms with Crippen molar-refractivity contribution >= 4 is 38.9 Å². The van der Waals surface area contributed by atoms with E-state index in [0.717, 1.165) is 32.1 Å². The predicted molar refractivity (Wildman–Crippen MR) is 130 cm³/mol. The second-order valence-corrected chi connectivity index (χ2v) is 10.2. The highest BCUT2D eigenvalue weighted by Gasteiger charge is 2.22. The summed E-state index contributed by atoms with van der Waals surface area (Å²) in [5.74, 6) is 0.0810. The maximum Gasteiger partial charge on any atom is 0.261 e. The topological polar surface area (TPSA) is 96.5 Å². The average molecular weight is 476 g/mol. The van der Waals surface area contributed by atoms with Crippen LogP contribution in [0.1, 0.15) is 56.3 Å². The number of rotatable bonds is 7. The first-order valence-corrected chi connectivity index (χ1v) is 12.6. The van der Waals surface area contributed by atoms with Crippen LogP contribution in [0, 0.1) is 0 Å². The van der Waals surface area contributed by atoms with Gasteiger partial charge in [0.25, 0.3) is 5.91 Å². The van der Waals surface area contributed by atoms with Gasteiger partial charge in [-0.2, -0.15) is 0 Å². The summed E-state index contributed by atoms with van der Waals surface area (Å²) >= 11 is 5.24. The van der Waals surface area contributed by atoms with E-state index in [4.69, 9.17) is 17.0 Å². The maximum atomic E-state index is 12.6. The van der Waals surface area contributed by atoms with Crippen molar-refractivity contribution in [2.75, 3.05) is 5.32 Å². The second-order valence-electron chi connectivity index (χ2n) is 8.05. The summed E-state index contributed by atoms with van der Waals surface area (Å²) < 4.78 is 33.7. The summed E-state index contributed by atoms with van der Waals surface area (Å²) in [4.78, 5) is 12.8. The predicted octanol–water partition coefficient (Wildman–Crippen LogP) is 4.21. The molecule has 2 aromatic carbocycles. The molecule has 0 saturated heterocycles. The maximum absolute atomic E-state index is 12.6. The van der Waals surface area contributed by atoms with Crippen LogP contribution in [0.5, 0.6) is 5.75 Å². The van der Waals surface area contributed by atoms with Crippen LogP contribution in [0.4, 0.5) is 5.69 Å². The summed E-state index contributed by atoms with van der Waals surface area (Å²) in [5, 5.41) is 5.64. The van der Waals surface area contributed by atoms with E-state index in [9.17, 15) is 13.2 Å². The van der Waals surface area contributed by atoms with Gasteiger partial charge >= 0.3 is 0 Å². The molecule has 2 aromatic rings. The smallest absolute Gasteiger partial charge is 0.261 e. The second kappa shape index (κ2) is 10.9. The number of carbonyl (C=O) groups excluding carboxylic acids is 1. The Morgan fingerprint density at radius 1 is 1.03 bits per heavy atom. The number of hydrogen-bond donors (Lipinski definition) is 3. The summed E-state index contributed by atoms with van der Waals surface area (Å²) in [5.41, 5.74) is 0.944. The molecular weight excluding hydrogens is 446 g/mol. The average Bonchev–Trinajstić information content (AvgIpc) is 2.74. The third-order valence-electron chi connectivity index (χ3n) is 5.07. The summed E-state index contributed by atoms with van der Waals surface area (Å²) in [6.07, 6.45) is 4.93. The fourth-order valence-electron chi connectivity index (χ4n) is 3.57. The SMILES string of the molecule is CC(C)Oc1ccccc1C(=O)NC(=S)Nc1ccc(S(=O)(=O)NC2CCCCC2)cc1. The van der Waals surface area contributed by atoms with Gasteiger partial charge in [-0.25, -0.2) is 13.1 Å². The Bertz CT molecular complexity index is 1050. The van der Waals surface area contributed by atoms with Gasteiger partial charge in [0.1, 0.15) is 5.75 Å². The van der Waals surface area contributed by atoms with Crippen molar-refractivity contribution in [3.05, 3.63) is 54.1 Å². The molecule has 1 fully saturated rings. The monoisotopic (exact) mass is 475 g/mol. The molecule has 0 bridgehead atoms. The number of anilines is 1. The van der Waals surface area contributed by atoms with Crippen LogP contribution in [0.15, 0.2) is 53.4 Å². The van der Waals surface area contributed by atoms with Crippen LogP contribution in [0.2, 0.25) is 0 Å². The number of benzene rings is 2. The van der Waals surface area contributed by atoms with E-state index in [1.807, 2.05) is 13.8 Å². The van der Waals surface area contributed by atoms with Crippen molar-refractivity contribution in [1.29, 1.82) is 0 Å². The van der Waals surface area contributed by atoms with Gasteiger partial charge in [-0.3, -0.25) is 10.1 Å². The fraction of sp³-hybridized carbons (Fsp3) is 0.391. The van der Waals surface area contributed by atoms with E-state index in [-0.39, 0.29) is 22.2 Å². The van der Waals surface area contributed by atoms with Crippen molar-refractivity contribution in [2.45, 2.75) is 63.0 Å². The summed E-state index contributed by atoms with van der Waals surface area (Å²) in [6.45, 7) is 3.77. The molecule has 3 rings (SSSR count). The molecule has 1 saturated carbocycles. The number of ether oxygens (including phenoxy) is 1. The third-order valence-corrected chi connectivity index (χ3v) is 6.81. The lowest BCUT2D eigenvalue weighted by molar-refractivity contribution is 0.0972. The minimum Gasteiger partial charge on any atom is -0.490 e. The molecule has 0 aromatic heterocycles. The normalized spacial score (nSPS) is 14.7. The van der Waals surface area contributed by atoms with E-state index in [1.165, 1.54) is 12.1 Å². The first kappa shape index (κ1) is 24.2. The largest absolute Gasteiger partial charge is 0.490 e. The van der Waals surface area contributed by atoms with Crippen LogP contribution < -0.4 is 20.1 Å². The highest BCUT2D eigenvalue weighted by Crippen LogP contribution is 2.21. The van der Waals surface area contributed by atoms with Gasteiger partial charge in [-0.1, -0.05) is 31.4 Å². The molecule has 9 heteroatoms. The zero-order valence-corrected chi connectivity index (χ0v) is 19.9. The molecule has 3 N–H and O–H groups in total. The molecule has 32 heavy (non-hydrogen) atoms. The van der Waals surface area contributed by atoms with Gasteiger partial charge < -0.3 is 10.1 Å². The summed E-state index contributed by atoms with van der Waals surface area (Å²) in [7, 11) is -3.57. The highest BCUT2D eigenvalue weighted by atomic mass is 32.2. The Morgan fingerprint density at radius 3 is 2.34 bits per heavy atom. The Morgan fingerprint density at radius 2 is 1.69 bits per heavy atom. The third kappa shape index (κ3) is 6.75. The summed E-state index contributed by atoms with van der Waals surface area (Å²) in [6, 6.07) is 13.2. The van der Waals surface area contributed by atoms with Crippen molar-refractivity contribution in [1.82, 2.24) is 10.0 Å². The minimum absolute atomic E-state index is 0.00288. The number of amides is 1. The Hall–Kier alpha value is -2.49. The van der Waals surface area contributed by atoms with Crippen molar-refractivity contribution in [3.8, 4) is 5.75 Å². The van der Waals surface area contributed by atoms with Crippen LogP contribution >= 0.6 is 12.2 Å². The zero-order chi connectivity index (χ0) is 23.1. The molecule has 0 radical (unpaired) electrons. The Kier molecular flexibility index (Phi) is 8.22. The molecule has 172 valence electrons. The molecule has 7 nitrogen and oxygen atoms in total. The fourth-order valence-corrected chi connectivity index (χ4v) is 5.08. The zero-order valence-electron chi connectivity index (χ0n) is 18.3. The van der Waals surface area contributed by atoms with Crippen LogP contribution in [-0.4, -0.2) is 31.6 Å². The molecule has 0 spiro atoms. The molecule has 0 aliphatic heterocycles. The lowest BCUT2D eigenvalue weighted by Gasteiger charge is -2.22. The molecule has 1 aliphatic rings. The number of thiocarbonyl (C=S) groups is 1. The van der Waals surface area contributed by atoms with E-state index >= 15 is 0 Å². The number of nitrogens with one attached hydrogen (secondary N) is 3. The van der Waals surface area contributed by atoms with Crippen LogP contribution in [-0.2, 0) is 10.0 Å². The quantitative estimate of drug-likeness (QED) is 0.519. The van der Waals surface area contributed by atoms with E-state index in [1.54, 1.807) is 36.4 Å². The van der Waals surface area contributed by atoms with Gasteiger partial charge in [0.2, 0.25) is 10.0 Å². The van der Waals surface area contributed by atoms with Crippen molar-refractivity contribution in [3.63, 3.8) is 0 Å². The first-order valence-electron chi connectivity index (χ1n) is 10.7. The lowest BCUT2D eigenvalue weighted by atomic mass is 9.96. The highest BCUT2D eigenvalue weighted by molar-refractivity contribution is 7.89. The number of carbonyl (C=O) groups is 1. The Labute approximate surface area is 195 Å². The number of hydrogen-bond acceptors (Lipinski definition) is 5. The molecular formula is C23H29N3O4S2. The molecule has 0 unspecified atom stereocenters. The Balaban J connectivity index is 1.59. The lowest BCUT2D eigenvalue weighted by Crippen LogP contribution is -2.36. The standard InChI is InChI=1S/C23H29N3O4S2/c1-16(2)30-21-11-7-6-10-20(21)22(27)25-23(31)24-17-12-14-19(15-13-17)32(28,29)26-18-8-4-3-5-9-18/h6-7,10-16,18,26H,3-5,8-9H2,1-2H3,(H2,24,25,27,31). The van der Waals surface area contributed by atoms with Crippen molar-refractivity contribution in [2.24, 2.45) is 0 Å². The number of para-hydroxylation sites is 1.